The summed E-state index contributed by atoms with van der Waals surface area (Å²) in [5, 5.41) is 5.58. The summed E-state index contributed by atoms with van der Waals surface area (Å²) < 4.78 is 2.19. The van der Waals surface area contributed by atoms with Crippen molar-refractivity contribution in [2.45, 2.75) is 59.2 Å². The van der Waals surface area contributed by atoms with E-state index in [2.05, 4.69) is 33.2 Å². The zero-order valence-corrected chi connectivity index (χ0v) is 17.1. The number of rotatable bonds is 4. The molecule has 0 unspecified atom stereocenters. The zero-order chi connectivity index (χ0) is 19.8. The number of nitrogens with zero attached hydrogens (tertiary/aromatic N) is 3. The monoisotopic (exact) mass is 373 g/mol. The van der Waals surface area contributed by atoms with E-state index < -0.39 is 11.5 Å². The summed E-state index contributed by atoms with van der Waals surface area (Å²) in [6.07, 6.45) is 5.46. The lowest BCUT2D eigenvalue weighted by atomic mass is 9.86. The van der Waals surface area contributed by atoms with Gasteiger partial charge in [0.05, 0.1) is 5.69 Å². The lowest BCUT2D eigenvalue weighted by Crippen LogP contribution is -2.53. The third kappa shape index (κ3) is 3.93. The molecule has 0 saturated heterocycles. The van der Waals surface area contributed by atoms with Gasteiger partial charge in [0.15, 0.2) is 5.69 Å². The SMILES string of the molecule is CNC(=O)[C@@H](NC(=O)c1nc(C2=CCCC2)n2c1CN(C)CC2)C(C)(C)C. The molecule has 0 radical (unpaired) electrons. The minimum absolute atomic E-state index is 0.195. The highest BCUT2D eigenvalue weighted by Crippen LogP contribution is 2.30. The number of carbonyl (C=O) groups excluding carboxylic acids is 2. The predicted molar refractivity (Wildman–Crippen MR) is 105 cm³/mol. The molecule has 0 fully saturated rings. The topological polar surface area (TPSA) is 79.3 Å². The largest absolute Gasteiger partial charge is 0.357 e. The Morgan fingerprint density at radius 3 is 2.59 bits per heavy atom. The van der Waals surface area contributed by atoms with Crippen LogP contribution < -0.4 is 10.6 Å². The summed E-state index contributed by atoms with van der Waals surface area (Å²) in [6.45, 7) is 8.28. The van der Waals surface area contributed by atoms with Gasteiger partial charge in [-0.25, -0.2) is 4.98 Å². The Morgan fingerprint density at radius 2 is 2.00 bits per heavy atom. The normalized spacial score (nSPS) is 18.6. The fraction of sp³-hybridized carbons (Fsp3) is 0.650. The third-order valence-corrected chi connectivity index (χ3v) is 5.39. The van der Waals surface area contributed by atoms with Crippen molar-refractivity contribution < 1.29 is 9.59 Å². The van der Waals surface area contributed by atoms with Gasteiger partial charge in [-0.3, -0.25) is 14.5 Å². The summed E-state index contributed by atoms with van der Waals surface area (Å²) in [6, 6.07) is -0.622. The Bertz CT molecular complexity index is 772. The molecule has 2 N–H and O–H groups in total. The molecule has 0 bridgehead atoms. The molecule has 1 aliphatic carbocycles. The van der Waals surface area contributed by atoms with Crippen molar-refractivity contribution in [3.8, 4) is 0 Å². The number of hydrogen-bond donors (Lipinski definition) is 2. The van der Waals surface area contributed by atoms with Gasteiger partial charge in [-0.05, 0) is 37.3 Å². The maximum Gasteiger partial charge on any atom is 0.272 e. The van der Waals surface area contributed by atoms with E-state index in [1.165, 1.54) is 5.57 Å². The van der Waals surface area contributed by atoms with Crippen LogP contribution in [-0.2, 0) is 17.9 Å². The van der Waals surface area contributed by atoms with Gasteiger partial charge in [0, 0.05) is 26.7 Å². The number of nitrogens with one attached hydrogen (secondary N) is 2. The van der Waals surface area contributed by atoms with Gasteiger partial charge in [0.1, 0.15) is 11.9 Å². The van der Waals surface area contributed by atoms with Crippen LogP contribution in [0, 0.1) is 5.41 Å². The van der Waals surface area contributed by atoms with Crippen molar-refractivity contribution in [2.75, 3.05) is 20.6 Å². The first-order valence-corrected chi connectivity index (χ1v) is 9.72. The number of amides is 2. The average Bonchev–Trinajstić information content (AvgIpc) is 3.24. The van der Waals surface area contributed by atoms with Crippen LogP contribution in [0.4, 0.5) is 0 Å². The molecule has 1 aromatic heterocycles. The van der Waals surface area contributed by atoms with Crippen LogP contribution in [0.5, 0.6) is 0 Å². The van der Waals surface area contributed by atoms with Crippen molar-refractivity contribution in [1.29, 1.82) is 0 Å². The number of allylic oxidation sites excluding steroid dienone is 2. The third-order valence-electron chi connectivity index (χ3n) is 5.39. The van der Waals surface area contributed by atoms with Crippen LogP contribution in [0.2, 0.25) is 0 Å². The maximum absolute atomic E-state index is 13.1. The summed E-state index contributed by atoms with van der Waals surface area (Å²) >= 11 is 0. The fourth-order valence-electron chi connectivity index (χ4n) is 3.81. The molecule has 1 aromatic rings. The van der Waals surface area contributed by atoms with Gasteiger partial charge in [-0.15, -0.1) is 0 Å². The first-order valence-electron chi connectivity index (χ1n) is 9.72. The minimum atomic E-state index is -0.622. The Kier molecular flexibility index (Phi) is 5.42. The molecule has 148 valence electrons. The molecular weight excluding hydrogens is 342 g/mol. The van der Waals surface area contributed by atoms with Crippen molar-refractivity contribution >= 4 is 17.4 Å². The molecule has 7 heteroatoms. The lowest BCUT2D eigenvalue weighted by Gasteiger charge is -2.30. The molecule has 2 aliphatic rings. The van der Waals surface area contributed by atoms with E-state index in [-0.39, 0.29) is 11.8 Å². The number of imidazole rings is 1. The summed E-state index contributed by atoms with van der Waals surface area (Å²) in [4.78, 5) is 32.4. The summed E-state index contributed by atoms with van der Waals surface area (Å²) in [5.74, 6) is 0.454. The minimum Gasteiger partial charge on any atom is -0.357 e. The van der Waals surface area contributed by atoms with Crippen LogP contribution >= 0.6 is 0 Å². The quantitative estimate of drug-likeness (QED) is 0.843. The van der Waals surface area contributed by atoms with Crippen molar-refractivity contribution in [3.05, 3.63) is 23.3 Å². The second-order valence-electron chi connectivity index (χ2n) is 8.63. The highest BCUT2D eigenvalue weighted by molar-refractivity contribution is 5.97. The van der Waals surface area contributed by atoms with E-state index in [0.717, 1.165) is 43.9 Å². The number of aromatic nitrogens is 2. The standard InChI is InChI=1S/C20H31N5O2/c1-20(2,3)16(19(27)21-4)23-18(26)15-14-12-24(5)10-11-25(14)17(22-15)13-8-6-7-9-13/h8,16H,6-7,9-12H2,1-5H3,(H,21,27)(H,23,26)/t16-/m1/s1. The van der Waals surface area contributed by atoms with Gasteiger partial charge in [0.2, 0.25) is 5.91 Å². The average molecular weight is 374 g/mol. The first kappa shape index (κ1) is 19.6. The maximum atomic E-state index is 13.1. The Balaban J connectivity index is 1.95. The van der Waals surface area contributed by atoms with Gasteiger partial charge in [-0.2, -0.15) is 0 Å². The number of fused-ring (bicyclic) bond motifs is 1. The Hall–Kier alpha value is -2.15. The van der Waals surface area contributed by atoms with Gasteiger partial charge in [-0.1, -0.05) is 26.8 Å². The van der Waals surface area contributed by atoms with E-state index >= 15 is 0 Å². The van der Waals surface area contributed by atoms with Crippen molar-refractivity contribution in [1.82, 2.24) is 25.1 Å². The van der Waals surface area contributed by atoms with Gasteiger partial charge in [0.25, 0.3) is 5.91 Å². The predicted octanol–water partition coefficient (Wildman–Crippen LogP) is 1.79. The van der Waals surface area contributed by atoms with Crippen LogP contribution in [0.3, 0.4) is 0 Å². The van der Waals surface area contributed by atoms with Crippen LogP contribution in [-0.4, -0.2) is 52.9 Å². The van der Waals surface area contributed by atoms with Gasteiger partial charge >= 0.3 is 0 Å². The Labute approximate surface area is 161 Å². The van der Waals surface area contributed by atoms with Crippen LogP contribution in [0.1, 0.15) is 62.0 Å². The number of likely N-dealkylation sites (N-methyl/N-ethyl adjacent to an activating group) is 2. The lowest BCUT2D eigenvalue weighted by molar-refractivity contribution is -0.124. The Morgan fingerprint density at radius 1 is 1.26 bits per heavy atom. The molecule has 2 heterocycles. The molecule has 0 spiro atoms. The van der Waals surface area contributed by atoms with Crippen molar-refractivity contribution in [3.63, 3.8) is 0 Å². The zero-order valence-electron chi connectivity index (χ0n) is 17.1. The highest BCUT2D eigenvalue weighted by Gasteiger charge is 2.35. The first-order chi connectivity index (χ1) is 12.7. The highest BCUT2D eigenvalue weighted by atomic mass is 16.2. The van der Waals surface area contributed by atoms with Crippen LogP contribution in [0.15, 0.2) is 6.08 Å². The summed E-state index contributed by atoms with van der Waals surface area (Å²) in [5.41, 5.74) is 2.22. The molecule has 0 saturated carbocycles. The molecule has 1 aliphatic heterocycles. The molecule has 27 heavy (non-hydrogen) atoms. The van der Waals surface area contributed by atoms with E-state index in [4.69, 9.17) is 4.98 Å². The fourth-order valence-corrected chi connectivity index (χ4v) is 3.81. The number of carbonyl (C=O) groups is 2. The second-order valence-corrected chi connectivity index (χ2v) is 8.63. The second kappa shape index (κ2) is 7.46. The van der Waals surface area contributed by atoms with E-state index in [0.29, 0.717) is 12.2 Å². The molecule has 0 aromatic carbocycles. The van der Waals surface area contributed by atoms with E-state index in [1.54, 1.807) is 7.05 Å². The molecule has 3 rings (SSSR count). The van der Waals surface area contributed by atoms with Crippen LogP contribution in [0.25, 0.3) is 5.57 Å². The smallest absolute Gasteiger partial charge is 0.272 e. The number of hydrogen-bond acceptors (Lipinski definition) is 4. The molecule has 1 atom stereocenters. The molecule has 7 nitrogen and oxygen atoms in total. The van der Waals surface area contributed by atoms with Crippen molar-refractivity contribution in [2.24, 2.45) is 5.41 Å². The van der Waals surface area contributed by atoms with E-state index in [1.807, 2.05) is 20.8 Å². The summed E-state index contributed by atoms with van der Waals surface area (Å²) in [7, 11) is 3.64. The van der Waals surface area contributed by atoms with Gasteiger partial charge < -0.3 is 15.2 Å². The molecule has 2 amide bonds. The molecular formula is C20H31N5O2. The van der Waals surface area contributed by atoms with E-state index in [9.17, 15) is 9.59 Å².